The van der Waals surface area contributed by atoms with E-state index in [1.54, 1.807) is 0 Å². The third kappa shape index (κ3) is 8.46. The Morgan fingerprint density at radius 3 is 0.944 bits per heavy atom. The average molecular weight is 701 g/mol. The standard InChI is InChI=1S/C52H48N2/c1-37-10-24-47(25-11-37)53(51-28-14-39(3)41(5)34-51)49-30-20-43(21-31-49)16-18-45-8-7-9-46(36-45)19-17-44-22-32-50(33-23-44)54(48-26-12-38(2)13-27-48)52-29-15-40(4)42(6)35-52/h7-36H,1-6H3. The first-order chi connectivity index (χ1) is 26.2. The van der Waals surface area contributed by atoms with Crippen molar-refractivity contribution in [1.82, 2.24) is 0 Å². The van der Waals surface area contributed by atoms with Crippen LogP contribution in [0.25, 0.3) is 24.3 Å². The molecule has 0 aliphatic heterocycles. The van der Waals surface area contributed by atoms with E-state index in [9.17, 15) is 0 Å². The summed E-state index contributed by atoms with van der Waals surface area (Å²) in [6.07, 6.45) is 8.75. The molecule has 0 radical (unpaired) electrons. The minimum absolute atomic E-state index is 1.13. The molecule has 0 amide bonds. The third-order valence-electron chi connectivity index (χ3n) is 10.2. The normalized spacial score (nSPS) is 11.4. The van der Waals surface area contributed by atoms with Gasteiger partial charge in [0.15, 0.2) is 0 Å². The molecule has 7 aromatic carbocycles. The van der Waals surface area contributed by atoms with Crippen molar-refractivity contribution in [3.05, 3.63) is 213 Å². The Bertz CT molecular complexity index is 2240. The van der Waals surface area contributed by atoms with Crippen LogP contribution in [0.3, 0.4) is 0 Å². The van der Waals surface area contributed by atoms with E-state index >= 15 is 0 Å². The Morgan fingerprint density at radius 1 is 0.278 bits per heavy atom. The van der Waals surface area contributed by atoms with Gasteiger partial charge in [0, 0.05) is 34.1 Å². The van der Waals surface area contributed by atoms with Crippen molar-refractivity contribution in [3.8, 4) is 0 Å². The number of rotatable bonds is 10. The summed E-state index contributed by atoms with van der Waals surface area (Å²) >= 11 is 0. The summed E-state index contributed by atoms with van der Waals surface area (Å²) in [7, 11) is 0. The van der Waals surface area contributed by atoms with Crippen LogP contribution in [0.5, 0.6) is 0 Å². The zero-order valence-corrected chi connectivity index (χ0v) is 32.2. The number of hydrogen-bond donors (Lipinski definition) is 0. The van der Waals surface area contributed by atoms with Crippen LogP contribution < -0.4 is 9.80 Å². The van der Waals surface area contributed by atoms with Crippen molar-refractivity contribution < 1.29 is 0 Å². The van der Waals surface area contributed by atoms with Crippen LogP contribution >= 0.6 is 0 Å². The van der Waals surface area contributed by atoms with Crippen LogP contribution in [0, 0.1) is 41.5 Å². The summed E-state index contributed by atoms with van der Waals surface area (Å²) in [6, 6.07) is 57.1. The van der Waals surface area contributed by atoms with Gasteiger partial charge in [-0.05, 0) is 165 Å². The molecule has 0 saturated heterocycles. The van der Waals surface area contributed by atoms with Gasteiger partial charge in [0.1, 0.15) is 0 Å². The first kappa shape index (κ1) is 36.0. The van der Waals surface area contributed by atoms with Crippen molar-refractivity contribution in [1.29, 1.82) is 0 Å². The molecule has 0 unspecified atom stereocenters. The summed E-state index contributed by atoms with van der Waals surface area (Å²) < 4.78 is 0. The highest BCUT2D eigenvalue weighted by atomic mass is 15.1. The molecule has 0 fully saturated rings. The predicted octanol–water partition coefficient (Wildman–Crippen LogP) is 14.8. The van der Waals surface area contributed by atoms with E-state index in [4.69, 9.17) is 0 Å². The third-order valence-corrected chi connectivity index (χ3v) is 10.2. The van der Waals surface area contributed by atoms with Crippen LogP contribution in [0.1, 0.15) is 55.6 Å². The highest BCUT2D eigenvalue weighted by molar-refractivity contribution is 5.81. The van der Waals surface area contributed by atoms with Crippen molar-refractivity contribution in [2.75, 3.05) is 9.80 Å². The lowest BCUT2D eigenvalue weighted by Gasteiger charge is -2.26. The Balaban J connectivity index is 1.07. The van der Waals surface area contributed by atoms with Crippen molar-refractivity contribution in [3.63, 3.8) is 0 Å². The summed E-state index contributed by atoms with van der Waals surface area (Å²) in [6.45, 7) is 12.9. The van der Waals surface area contributed by atoms with Crippen molar-refractivity contribution >= 4 is 58.4 Å². The smallest absolute Gasteiger partial charge is 0.0464 e. The van der Waals surface area contributed by atoms with Crippen LogP contribution in [0.2, 0.25) is 0 Å². The maximum Gasteiger partial charge on any atom is 0.0464 e. The van der Waals surface area contributed by atoms with Gasteiger partial charge in [0.05, 0.1) is 0 Å². The van der Waals surface area contributed by atoms with E-state index in [1.807, 2.05) is 0 Å². The molecule has 2 heteroatoms. The maximum atomic E-state index is 2.33. The second-order valence-corrected chi connectivity index (χ2v) is 14.4. The number of aryl methyl sites for hydroxylation is 6. The van der Waals surface area contributed by atoms with Crippen LogP contribution in [0.4, 0.5) is 34.1 Å². The fourth-order valence-electron chi connectivity index (χ4n) is 6.63. The first-order valence-electron chi connectivity index (χ1n) is 18.7. The Labute approximate surface area is 322 Å². The molecule has 7 aromatic rings. The highest BCUT2D eigenvalue weighted by Gasteiger charge is 2.14. The lowest BCUT2D eigenvalue weighted by molar-refractivity contribution is 1.24. The SMILES string of the molecule is Cc1ccc(N(c2ccc(C=Cc3cccc(C=Cc4ccc(N(c5ccc(C)cc5)c5ccc(C)c(C)c5)cc4)c3)cc2)c2ccc(C)c(C)c2)cc1. The van der Waals surface area contributed by atoms with Crippen LogP contribution in [0.15, 0.2) is 158 Å². The van der Waals surface area contributed by atoms with Gasteiger partial charge >= 0.3 is 0 Å². The minimum atomic E-state index is 1.13. The second-order valence-electron chi connectivity index (χ2n) is 14.4. The van der Waals surface area contributed by atoms with Gasteiger partial charge in [-0.15, -0.1) is 0 Å². The largest absolute Gasteiger partial charge is 0.310 e. The summed E-state index contributed by atoms with van der Waals surface area (Å²) in [4.78, 5) is 4.65. The van der Waals surface area contributed by atoms with Gasteiger partial charge in [0.2, 0.25) is 0 Å². The monoisotopic (exact) mass is 700 g/mol. The fourth-order valence-corrected chi connectivity index (χ4v) is 6.63. The maximum absolute atomic E-state index is 2.33. The first-order valence-corrected chi connectivity index (χ1v) is 18.7. The van der Waals surface area contributed by atoms with Gasteiger partial charge < -0.3 is 9.80 Å². The molecular weight excluding hydrogens is 653 g/mol. The molecule has 0 atom stereocenters. The second kappa shape index (κ2) is 16.1. The number of nitrogens with zero attached hydrogens (tertiary/aromatic N) is 2. The molecule has 0 heterocycles. The fraction of sp³-hybridized carbons (Fsp3) is 0.115. The van der Waals surface area contributed by atoms with Crippen LogP contribution in [-0.2, 0) is 0 Å². The molecule has 0 aromatic heterocycles. The summed E-state index contributed by atoms with van der Waals surface area (Å²) in [5, 5.41) is 0. The van der Waals surface area contributed by atoms with Crippen LogP contribution in [-0.4, -0.2) is 0 Å². The lowest BCUT2D eigenvalue weighted by atomic mass is 10.1. The summed E-state index contributed by atoms with van der Waals surface area (Å²) in [5.74, 6) is 0. The zero-order valence-electron chi connectivity index (χ0n) is 32.2. The van der Waals surface area contributed by atoms with E-state index in [-0.39, 0.29) is 0 Å². The van der Waals surface area contributed by atoms with Gasteiger partial charge in [0.25, 0.3) is 0 Å². The molecule has 54 heavy (non-hydrogen) atoms. The molecule has 7 rings (SSSR count). The van der Waals surface area contributed by atoms with Gasteiger partial charge in [-0.3, -0.25) is 0 Å². The minimum Gasteiger partial charge on any atom is -0.310 e. The van der Waals surface area contributed by atoms with E-state index in [0.29, 0.717) is 0 Å². The molecule has 266 valence electrons. The highest BCUT2D eigenvalue weighted by Crippen LogP contribution is 2.37. The molecule has 0 saturated carbocycles. The molecular formula is C52H48N2. The van der Waals surface area contributed by atoms with E-state index in [2.05, 4.69) is 233 Å². The molecule has 0 bridgehead atoms. The zero-order chi connectivity index (χ0) is 37.6. The quantitative estimate of drug-likeness (QED) is 0.131. The Hall–Kier alpha value is -6.38. The molecule has 0 aliphatic carbocycles. The number of benzene rings is 7. The molecule has 0 aliphatic rings. The van der Waals surface area contributed by atoms with Crippen molar-refractivity contribution in [2.24, 2.45) is 0 Å². The van der Waals surface area contributed by atoms with E-state index in [1.165, 1.54) is 33.4 Å². The molecule has 2 nitrogen and oxygen atoms in total. The van der Waals surface area contributed by atoms with E-state index in [0.717, 1.165) is 56.4 Å². The Morgan fingerprint density at radius 2 is 0.593 bits per heavy atom. The molecule has 0 N–H and O–H groups in total. The Kier molecular flexibility index (Phi) is 10.7. The van der Waals surface area contributed by atoms with Crippen molar-refractivity contribution in [2.45, 2.75) is 41.5 Å². The van der Waals surface area contributed by atoms with Gasteiger partial charge in [-0.1, -0.05) is 114 Å². The number of anilines is 6. The summed E-state index contributed by atoms with van der Waals surface area (Å²) in [5.41, 5.74) is 19.2. The topological polar surface area (TPSA) is 6.48 Å². The van der Waals surface area contributed by atoms with Gasteiger partial charge in [-0.2, -0.15) is 0 Å². The van der Waals surface area contributed by atoms with E-state index < -0.39 is 0 Å². The average Bonchev–Trinajstić information content (AvgIpc) is 3.19. The lowest BCUT2D eigenvalue weighted by Crippen LogP contribution is -2.10. The number of hydrogen-bond acceptors (Lipinski definition) is 2. The predicted molar refractivity (Wildman–Crippen MR) is 235 cm³/mol. The molecule has 0 spiro atoms. The van der Waals surface area contributed by atoms with Gasteiger partial charge in [-0.25, -0.2) is 0 Å².